The first-order valence-electron chi connectivity index (χ1n) is 5.05. The fourth-order valence-electron chi connectivity index (χ4n) is 1.81. The van der Waals surface area contributed by atoms with Crippen molar-refractivity contribution < 1.29 is 9.50 Å². The maximum atomic E-state index is 13.2. The van der Waals surface area contributed by atoms with Crippen LogP contribution in [0.3, 0.4) is 0 Å². The number of benzene rings is 1. The Hall–Kier alpha value is -0.800. The van der Waals surface area contributed by atoms with Gasteiger partial charge in [-0.15, -0.1) is 0 Å². The molecule has 15 heavy (non-hydrogen) atoms. The molecule has 0 aromatic heterocycles. The van der Waals surface area contributed by atoms with E-state index in [1.54, 1.807) is 6.07 Å². The van der Waals surface area contributed by atoms with Crippen molar-refractivity contribution in [2.24, 2.45) is 0 Å². The van der Waals surface area contributed by atoms with Gasteiger partial charge in [-0.1, -0.05) is 11.6 Å². The maximum Gasteiger partial charge on any atom is 0.143 e. The van der Waals surface area contributed by atoms with Gasteiger partial charge in [0, 0.05) is 18.8 Å². The van der Waals surface area contributed by atoms with Crippen LogP contribution < -0.4 is 4.90 Å². The van der Waals surface area contributed by atoms with E-state index in [0.717, 1.165) is 31.6 Å². The highest BCUT2D eigenvalue weighted by atomic mass is 35.5. The molecule has 2 rings (SSSR count). The van der Waals surface area contributed by atoms with Gasteiger partial charge in [-0.05, 0) is 31.0 Å². The molecule has 0 aliphatic carbocycles. The largest absolute Gasteiger partial charge is 0.393 e. The summed E-state index contributed by atoms with van der Waals surface area (Å²) in [6.45, 7) is 1.53. The van der Waals surface area contributed by atoms with Gasteiger partial charge < -0.3 is 10.0 Å². The molecule has 82 valence electrons. The summed E-state index contributed by atoms with van der Waals surface area (Å²) in [4.78, 5) is 2.06. The smallest absolute Gasteiger partial charge is 0.143 e. The van der Waals surface area contributed by atoms with E-state index in [4.69, 9.17) is 11.6 Å². The van der Waals surface area contributed by atoms with E-state index < -0.39 is 0 Å². The van der Waals surface area contributed by atoms with Gasteiger partial charge in [0.15, 0.2) is 0 Å². The predicted molar refractivity (Wildman–Crippen MR) is 58.9 cm³/mol. The fourth-order valence-corrected chi connectivity index (χ4v) is 1.92. The average Bonchev–Trinajstić information content (AvgIpc) is 2.23. The molecule has 1 aliphatic rings. The second-order valence-corrected chi connectivity index (χ2v) is 4.22. The van der Waals surface area contributed by atoms with Gasteiger partial charge >= 0.3 is 0 Å². The molecule has 0 radical (unpaired) electrons. The summed E-state index contributed by atoms with van der Waals surface area (Å²) in [6, 6.07) is 4.82. The highest BCUT2D eigenvalue weighted by Crippen LogP contribution is 2.24. The lowest BCUT2D eigenvalue weighted by Crippen LogP contribution is -2.35. The summed E-state index contributed by atoms with van der Waals surface area (Å²) in [5.41, 5.74) is 0.837. The van der Waals surface area contributed by atoms with E-state index in [1.807, 2.05) is 6.07 Å². The monoisotopic (exact) mass is 229 g/mol. The van der Waals surface area contributed by atoms with Gasteiger partial charge in [0.05, 0.1) is 11.1 Å². The summed E-state index contributed by atoms with van der Waals surface area (Å²) in [5, 5.41) is 9.50. The standard InChI is InChI=1S/C11H13ClFNO/c12-10-2-1-8(7-11(10)13)14-5-3-9(15)4-6-14/h1-2,7,9,15H,3-6H2. The van der Waals surface area contributed by atoms with Crippen molar-refractivity contribution in [1.29, 1.82) is 0 Å². The van der Waals surface area contributed by atoms with Crippen LogP contribution in [0.4, 0.5) is 10.1 Å². The predicted octanol–water partition coefficient (Wildman–Crippen LogP) is 2.44. The molecule has 1 aromatic carbocycles. The highest BCUT2D eigenvalue weighted by Gasteiger charge is 2.17. The molecule has 1 heterocycles. The topological polar surface area (TPSA) is 23.5 Å². The molecule has 0 unspecified atom stereocenters. The first-order valence-corrected chi connectivity index (χ1v) is 5.42. The van der Waals surface area contributed by atoms with Gasteiger partial charge in [-0.3, -0.25) is 0 Å². The Bertz CT molecular complexity index is 350. The van der Waals surface area contributed by atoms with Crippen LogP contribution in [-0.2, 0) is 0 Å². The molecule has 0 bridgehead atoms. The molecule has 2 nitrogen and oxygen atoms in total. The van der Waals surface area contributed by atoms with E-state index in [2.05, 4.69) is 4.90 Å². The van der Waals surface area contributed by atoms with Crippen molar-refractivity contribution in [3.8, 4) is 0 Å². The number of halogens is 2. The molecular weight excluding hydrogens is 217 g/mol. The lowest BCUT2D eigenvalue weighted by molar-refractivity contribution is 0.145. The number of nitrogens with zero attached hydrogens (tertiary/aromatic N) is 1. The molecular formula is C11H13ClFNO. The SMILES string of the molecule is OC1CCN(c2ccc(Cl)c(F)c2)CC1. The lowest BCUT2D eigenvalue weighted by atomic mass is 10.1. The maximum absolute atomic E-state index is 13.2. The van der Waals surface area contributed by atoms with Gasteiger partial charge in [0.2, 0.25) is 0 Å². The van der Waals surface area contributed by atoms with E-state index >= 15 is 0 Å². The third-order valence-corrected chi connectivity index (χ3v) is 3.04. The minimum Gasteiger partial charge on any atom is -0.393 e. The van der Waals surface area contributed by atoms with Crippen LogP contribution in [0.15, 0.2) is 18.2 Å². The Kier molecular flexibility index (Phi) is 3.12. The Morgan fingerprint density at radius 3 is 2.60 bits per heavy atom. The summed E-state index contributed by atoms with van der Waals surface area (Å²) in [7, 11) is 0. The quantitative estimate of drug-likeness (QED) is 0.800. The molecule has 1 saturated heterocycles. The first kappa shape index (κ1) is 10.7. The Labute approximate surface area is 93.3 Å². The van der Waals surface area contributed by atoms with Crippen LogP contribution in [0.1, 0.15) is 12.8 Å². The molecule has 0 spiro atoms. The Morgan fingerprint density at radius 1 is 1.33 bits per heavy atom. The van der Waals surface area contributed by atoms with Gasteiger partial charge in [0.1, 0.15) is 5.82 Å². The number of hydrogen-bond donors (Lipinski definition) is 1. The third kappa shape index (κ3) is 2.41. The number of aliphatic hydroxyl groups is 1. The number of piperidine rings is 1. The zero-order valence-corrected chi connectivity index (χ0v) is 9.04. The minimum absolute atomic E-state index is 0.149. The zero-order valence-electron chi connectivity index (χ0n) is 8.29. The molecule has 0 atom stereocenters. The second kappa shape index (κ2) is 4.37. The number of aliphatic hydroxyl groups excluding tert-OH is 1. The summed E-state index contributed by atoms with van der Waals surface area (Å²) in [6.07, 6.45) is 1.27. The van der Waals surface area contributed by atoms with Gasteiger partial charge in [-0.2, -0.15) is 0 Å². The van der Waals surface area contributed by atoms with Gasteiger partial charge in [0.25, 0.3) is 0 Å². The van der Waals surface area contributed by atoms with Crippen molar-refractivity contribution in [2.75, 3.05) is 18.0 Å². The number of anilines is 1. The molecule has 1 N–H and O–H groups in total. The zero-order chi connectivity index (χ0) is 10.8. The van der Waals surface area contributed by atoms with Crippen molar-refractivity contribution >= 4 is 17.3 Å². The summed E-state index contributed by atoms with van der Waals surface area (Å²) in [5.74, 6) is -0.389. The summed E-state index contributed by atoms with van der Waals surface area (Å²) < 4.78 is 13.2. The number of hydrogen-bond acceptors (Lipinski definition) is 2. The van der Waals surface area contributed by atoms with E-state index in [1.165, 1.54) is 6.07 Å². The summed E-state index contributed by atoms with van der Waals surface area (Å²) >= 11 is 5.61. The fraction of sp³-hybridized carbons (Fsp3) is 0.455. The molecule has 0 saturated carbocycles. The second-order valence-electron chi connectivity index (χ2n) is 3.82. The van der Waals surface area contributed by atoms with Crippen LogP contribution in [0.5, 0.6) is 0 Å². The molecule has 0 amide bonds. The molecule has 1 fully saturated rings. The number of rotatable bonds is 1. The van der Waals surface area contributed by atoms with Gasteiger partial charge in [-0.25, -0.2) is 4.39 Å². The van der Waals surface area contributed by atoms with E-state index in [-0.39, 0.29) is 16.9 Å². The van der Waals surface area contributed by atoms with Crippen LogP contribution in [-0.4, -0.2) is 24.3 Å². The minimum atomic E-state index is -0.389. The molecule has 1 aromatic rings. The first-order chi connectivity index (χ1) is 7.16. The Balaban J connectivity index is 2.12. The normalized spacial score (nSPS) is 18.2. The van der Waals surface area contributed by atoms with Crippen LogP contribution in [0, 0.1) is 5.82 Å². The third-order valence-electron chi connectivity index (χ3n) is 2.73. The average molecular weight is 230 g/mol. The van der Waals surface area contributed by atoms with Crippen molar-refractivity contribution in [1.82, 2.24) is 0 Å². The van der Waals surface area contributed by atoms with Crippen LogP contribution >= 0.6 is 11.6 Å². The lowest BCUT2D eigenvalue weighted by Gasteiger charge is -2.31. The van der Waals surface area contributed by atoms with Crippen LogP contribution in [0.25, 0.3) is 0 Å². The van der Waals surface area contributed by atoms with E-state index in [0.29, 0.717) is 0 Å². The van der Waals surface area contributed by atoms with Crippen LogP contribution in [0.2, 0.25) is 5.02 Å². The van der Waals surface area contributed by atoms with Crippen molar-refractivity contribution in [3.05, 3.63) is 29.0 Å². The highest BCUT2D eigenvalue weighted by molar-refractivity contribution is 6.30. The van der Waals surface area contributed by atoms with Crippen molar-refractivity contribution in [2.45, 2.75) is 18.9 Å². The van der Waals surface area contributed by atoms with E-state index in [9.17, 15) is 9.50 Å². The molecule has 1 aliphatic heterocycles. The van der Waals surface area contributed by atoms with Crippen molar-refractivity contribution in [3.63, 3.8) is 0 Å². The Morgan fingerprint density at radius 2 is 2.00 bits per heavy atom. The molecule has 4 heteroatoms.